The number of hydrogen-bond donors (Lipinski definition) is 0. The van der Waals surface area contributed by atoms with Crippen LogP contribution in [0.5, 0.6) is 11.5 Å². The fourth-order valence-corrected chi connectivity index (χ4v) is 1.31. The maximum Gasteiger partial charge on any atom is 0.308 e. The highest BCUT2D eigenvalue weighted by molar-refractivity contribution is 5.71. The summed E-state index contributed by atoms with van der Waals surface area (Å²) in [5, 5.41) is 0. The highest BCUT2D eigenvalue weighted by Crippen LogP contribution is 2.24. The van der Waals surface area contributed by atoms with Crippen molar-refractivity contribution in [2.75, 3.05) is 14.2 Å². The number of benzene rings is 1. The number of methoxy groups -OCH3 is 2. The van der Waals surface area contributed by atoms with Crippen LogP contribution in [0.4, 0.5) is 0 Å². The van der Waals surface area contributed by atoms with E-state index >= 15 is 0 Å². The Morgan fingerprint density at radius 2 is 1.94 bits per heavy atom. The van der Waals surface area contributed by atoms with Crippen LogP contribution in [0, 0.1) is 5.92 Å². The van der Waals surface area contributed by atoms with Gasteiger partial charge in [0.25, 0.3) is 0 Å². The van der Waals surface area contributed by atoms with E-state index < -0.39 is 0 Å². The molecule has 94 valence electrons. The Labute approximate surface area is 101 Å². The first-order valence-corrected chi connectivity index (χ1v) is 5.46. The van der Waals surface area contributed by atoms with Gasteiger partial charge in [-0.05, 0) is 18.2 Å². The molecule has 0 saturated heterocycles. The number of ether oxygens (including phenoxy) is 3. The number of rotatable bonds is 5. The third-order valence-electron chi connectivity index (χ3n) is 2.33. The van der Waals surface area contributed by atoms with Gasteiger partial charge in [-0.1, -0.05) is 13.8 Å². The second-order valence-corrected chi connectivity index (χ2v) is 3.94. The van der Waals surface area contributed by atoms with Crippen LogP contribution < -0.4 is 9.47 Å². The van der Waals surface area contributed by atoms with Crippen molar-refractivity contribution in [3.8, 4) is 11.5 Å². The molecule has 1 aromatic carbocycles. The van der Waals surface area contributed by atoms with Crippen molar-refractivity contribution < 1.29 is 19.0 Å². The van der Waals surface area contributed by atoms with Crippen LogP contribution in [0.2, 0.25) is 0 Å². The van der Waals surface area contributed by atoms with E-state index in [-0.39, 0.29) is 18.5 Å². The Hall–Kier alpha value is -1.71. The number of carbonyl (C=O) groups is 1. The molecule has 0 radical (unpaired) electrons. The minimum Gasteiger partial charge on any atom is -0.497 e. The molecular weight excluding hydrogens is 220 g/mol. The van der Waals surface area contributed by atoms with E-state index in [1.165, 1.54) is 0 Å². The van der Waals surface area contributed by atoms with Crippen molar-refractivity contribution >= 4 is 5.97 Å². The molecule has 0 spiro atoms. The second-order valence-electron chi connectivity index (χ2n) is 3.94. The smallest absolute Gasteiger partial charge is 0.308 e. The van der Waals surface area contributed by atoms with E-state index in [0.29, 0.717) is 11.5 Å². The molecule has 17 heavy (non-hydrogen) atoms. The zero-order valence-corrected chi connectivity index (χ0v) is 10.6. The first-order valence-electron chi connectivity index (χ1n) is 5.46. The van der Waals surface area contributed by atoms with Gasteiger partial charge in [0.1, 0.15) is 18.1 Å². The van der Waals surface area contributed by atoms with Gasteiger partial charge in [-0.15, -0.1) is 0 Å². The topological polar surface area (TPSA) is 44.8 Å². The van der Waals surface area contributed by atoms with Crippen molar-refractivity contribution in [2.24, 2.45) is 5.92 Å². The first kappa shape index (κ1) is 13.4. The molecule has 0 heterocycles. The Morgan fingerprint density at radius 1 is 1.24 bits per heavy atom. The van der Waals surface area contributed by atoms with Crippen LogP contribution >= 0.6 is 0 Å². The third-order valence-corrected chi connectivity index (χ3v) is 2.33. The lowest BCUT2D eigenvalue weighted by Crippen LogP contribution is -2.11. The SMILES string of the molecule is COc1ccc(OC)c(COC(=O)C(C)C)c1. The average molecular weight is 238 g/mol. The average Bonchev–Trinajstić information content (AvgIpc) is 2.35. The predicted molar refractivity (Wildman–Crippen MR) is 64.2 cm³/mol. The van der Waals surface area contributed by atoms with Gasteiger partial charge in [0, 0.05) is 5.56 Å². The maximum atomic E-state index is 11.4. The predicted octanol–water partition coefficient (Wildman–Crippen LogP) is 2.40. The summed E-state index contributed by atoms with van der Waals surface area (Å²) in [4.78, 5) is 11.4. The van der Waals surface area contributed by atoms with Gasteiger partial charge in [0.05, 0.1) is 20.1 Å². The van der Waals surface area contributed by atoms with E-state index in [1.54, 1.807) is 46.3 Å². The van der Waals surface area contributed by atoms with Crippen LogP contribution in [-0.2, 0) is 16.1 Å². The summed E-state index contributed by atoms with van der Waals surface area (Å²) in [5.74, 6) is 1.03. The molecule has 0 N–H and O–H groups in total. The van der Waals surface area contributed by atoms with Gasteiger partial charge in [0.2, 0.25) is 0 Å². The summed E-state index contributed by atoms with van der Waals surface area (Å²) >= 11 is 0. The standard InChI is InChI=1S/C13H18O4/c1-9(2)13(14)17-8-10-7-11(15-3)5-6-12(10)16-4/h5-7,9H,8H2,1-4H3. The fraction of sp³-hybridized carbons (Fsp3) is 0.462. The molecule has 0 fully saturated rings. The molecule has 0 saturated carbocycles. The van der Waals surface area contributed by atoms with Crippen LogP contribution in [0.25, 0.3) is 0 Å². The molecule has 1 rings (SSSR count). The van der Waals surface area contributed by atoms with Crippen LogP contribution in [-0.4, -0.2) is 20.2 Å². The Kier molecular flexibility index (Phi) is 4.82. The fourth-order valence-electron chi connectivity index (χ4n) is 1.31. The van der Waals surface area contributed by atoms with Crippen LogP contribution in [0.1, 0.15) is 19.4 Å². The highest BCUT2D eigenvalue weighted by Gasteiger charge is 2.11. The Balaban J connectivity index is 2.77. The summed E-state index contributed by atoms with van der Waals surface area (Å²) < 4.78 is 15.5. The van der Waals surface area contributed by atoms with Crippen molar-refractivity contribution in [1.29, 1.82) is 0 Å². The van der Waals surface area contributed by atoms with E-state index in [9.17, 15) is 4.79 Å². The van der Waals surface area contributed by atoms with E-state index in [1.807, 2.05) is 0 Å². The highest BCUT2D eigenvalue weighted by atomic mass is 16.5. The normalized spacial score (nSPS) is 10.2. The van der Waals surface area contributed by atoms with Gasteiger partial charge in [-0.25, -0.2) is 0 Å². The molecule has 0 aliphatic carbocycles. The largest absolute Gasteiger partial charge is 0.497 e. The summed E-state index contributed by atoms with van der Waals surface area (Å²) in [6, 6.07) is 5.39. The molecule has 0 aliphatic rings. The van der Waals surface area contributed by atoms with Gasteiger partial charge < -0.3 is 14.2 Å². The monoisotopic (exact) mass is 238 g/mol. The lowest BCUT2D eigenvalue weighted by molar-refractivity contribution is -0.148. The van der Waals surface area contributed by atoms with Crippen molar-refractivity contribution in [1.82, 2.24) is 0 Å². The summed E-state index contributed by atoms with van der Waals surface area (Å²) in [6.45, 7) is 3.79. The van der Waals surface area contributed by atoms with E-state index in [2.05, 4.69) is 0 Å². The maximum absolute atomic E-state index is 11.4. The minimum atomic E-state index is -0.227. The van der Waals surface area contributed by atoms with Gasteiger partial charge in [0.15, 0.2) is 0 Å². The first-order chi connectivity index (χ1) is 8.08. The lowest BCUT2D eigenvalue weighted by Gasteiger charge is -2.11. The van der Waals surface area contributed by atoms with Gasteiger partial charge in [-0.3, -0.25) is 4.79 Å². The molecule has 4 heteroatoms. The molecule has 0 aromatic heterocycles. The molecule has 0 atom stereocenters. The van der Waals surface area contributed by atoms with Gasteiger partial charge in [-0.2, -0.15) is 0 Å². The summed E-state index contributed by atoms with van der Waals surface area (Å²) in [6.07, 6.45) is 0. The van der Waals surface area contributed by atoms with Crippen molar-refractivity contribution in [3.05, 3.63) is 23.8 Å². The number of carbonyl (C=O) groups excluding carboxylic acids is 1. The Bertz CT molecular complexity index is 385. The lowest BCUT2D eigenvalue weighted by atomic mass is 10.2. The van der Waals surface area contributed by atoms with E-state index in [0.717, 1.165) is 5.56 Å². The molecule has 0 bridgehead atoms. The van der Waals surface area contributed by atoms with Crippen LogP contribution in [0.3, 0.4) is 0 Å². The molecule has 0 amide bonds. The quantitative estimate of drug-likeness (QED) is 0.739. The van der Waals surface area contributed by atoms with Crippen molar-refractivity contribution in [2.45, 2.75) is 20.5 Å². The molecule has 4 nitrogen and oxygen atoms in total. The van der Waals surface area contributed by atoms with E-state index in [4.69, 9.17) is 14.2 Å². The molecular formula is C13H18O4. The summed E-state index contributed by atoms with van der Waals surface area (Å²) in [7, 11) is 3.17. The minimum absolute atomic E-state index is 0.133. The second kappa shape index (κ2) is 6.13. The molecule has 0 unspecified atom stereocenters. The van der Waals surface area contributed by atoms with Gasteiger partial charge >= 0.3 is 5.97 Å². The zero-order valence-electron chi connectivity index (χ0n) is 10.6. The van der Waals surface area contributed by atoms with Crippen LogP contribution in [0.15, 0.2) is 18.2 Å². The number of esters is 1. The number of hydrogen-bond acceptors (Lipinski definition) is 4. The molecule has 0 aliphatic heterocycles. The third kappa shape index (κ3) is 3.66. The van der Waals surface area contributed by atoms with Crippen molar-refractivity contribution in [3.63, 3.8) is 0 Å². The molecule has 1 aromatic rings. The zero-order chi connectivity index (χ0) is 12.8. The summed E-state index contributed by atoms with van der Waals surface area (Å²) in [5.41, 5.74) is 0.792. The Morgan fingerprint density at radius 3 is 2.47 bits per heavy atom.